The van der Waals surface area contributed by atoms with E-state index in [-0.39, 0.29) is 0 Å². The fourth-order valence-electron chi connectivity index (χ4n) is 2.64. The Labute approximate surface area is 119 Å². The average Bonchev–Trinajstić information content (AvgIpc) is 2.79. The monoisotopic (exact) mass is 285 g/mol. The molecule has 0 bridgehead atoms. The maximum atomic E-state index is 11.8. The number of ether oxygens (including phenoxy) is 3. The Balaban J connectivity index is 1.94. The molecule has 1 spiro atoms. The summed E-state index contributed by atoms with van der Waals surface area (Å²) in [5.41, 5.74) is -1.45. The van der Waals surface area contributed by atoms with E-state index in [0.29, 0.717) is 38.9 Å². The number of hydrogen-bond donors (Lipinski definition) is 1. The van der Waals surface area contributed by atoms with E-state index in [1.165, 1.54) is 0 Å². The lowest BCUT2D eigenvalue weighted by atomic mass is 9.79. The van der Waals surface area contributed by atoms with Crippen molar-refractivity contribution >= 4 is 12.4 Å². The van der Waals surface area contributed by atoms with Gasteiger partial charge >= 0.3 is 6.09 Å². The summed E-state index contributed by atoms with van der Waals surface area (Å²) in [5, 5.41) is 2.70. The second kappa shape index (κ2) is 5.33. The highest BCUT2D eigenvalue weighted by Crippen LogP contribution is 2.39. The highest BCUT2D eigenvalue weighted by atomic mass is 16.7. The van der Waals surface area contributed by atoms with Crippen molar-refractivity contribution in [1.29, 1.82) is 0 Å². The largest absolute Gasteiger partial charge is 0.444 e. The molecule has 1 aliphatic heterocycles. The van der Waals surface area contributed by atoms with Crippen LogP contribution in [0.3, 0.4) is 0 Å². The van der Waals surface area contributed by atoms with Crippen molar-refractivity contribution in [2.45, 2.75) is 63.4 Å². The number of amides is 1. The third-order valence-electron chi connectivity index (χ3n) is 3.69. The van der Waals surface area contributed by atoms with Crippen LogP contribution in [-0.2, 0) is 19.0 Å². The van der Waals surface area contributed by atoms with E-state index in [1.54, 1.807) is 20.8 Å². The molecule has 1 saturated heterocycles. The zero-order valence-electron chi connectivity index (χ0n) is 12.4. The molecule has 6 heteroatoms. The predicted molar refractivity (Wildman–Crippen MR) is 71.3 cm³/mol. The standard InChI is InChI=1S/C14H23NO5/c1-12(2,3)20-11(17)15-13(10-16)4-6-14(7-5-13)18-8-9-19-14/h10H,4-9H2,1-3H3,(H,15,17). The van der Waals surface area contributed by atoms with E-state index < -0.39 is 23.0 Å². The first-order valence-corrected chi connectivity index (χ1v) is 7.04. The third-order valence-corrected chi connectivity index (χ3v) is 3.69. The van der Waals surface area contributed by atoms with E-state index in [1.807, 2.05) is 0 Å². The second-order valence-electron chi connectivity index (χ2n) is 6.51. The van der Waals surface area contributed by atoms with Crippen LogP contribution in [0.4, 0.5) is 4.79 Å². The van der Waals surface area contributed by atoms with Crippen LogP contribution >= 0.6 is 0 Å². The van der Waals surface area contributed by atoms with E-state index in [0.717, 1.165) is 6.29 Å². The van der Waals surface area contributed by atoms with Crippen LogP contribution in [0, 0.1) is 0 Å². The summed E-state index contributed by atoms with van der Waals surface area (Å²) in [6.45, 7) is 6.55. The number of carbonyl (C=O) groups excluding carboxylic acids is 2. The number of aldehydes is 1. The lowest BCUT2D eigenvalue weighted by Gasteiger charge is -2.40. The van der Waals surface area contributed by atoms with Crippen LogP contribution in [0.25, 0.3) is 0 Å². The lowest BCUT2D eigenvalue weighted by molar-refractivity contribution is -0.185. The number of nitrogens with one attached hydrogen (secondary N) is 1. The SMILES string of the molecule is CC(C)(C)OC(=O)NC1(C=O)CCC2(CC1)OCCO2. The van der Waals surface area contributed by atoms with Crippen molar-refractivity contribution in [3.63, 3.8) is 0 Å². The fourth-order valence-corrected chi connectivity index (χ4v) is 2.64. The van der Waals surface area contributed by atoms with Crippen LogP contribution in [0.1, 0.15) is 46.5 Å². The van der Waals surface area contributed by atoms with Gasteiger partial charge in [0.2, 0.25) is 0 Å². The van der Waals surface area contributed by atoms with Crippen LogP contribution in [-0.4, -0.2) is 42.5 Å². The maximum absolute atomic E-state index is 11.8. The van der Waals surface area contributed by atoms with Crippen molar-refractivity contribution in [3.05, 3.63) is 0 Å². The van der Waals surface area contributed by atoms with Crippen molar-refractivity contribution in [1.82, 2.24) is 5.32 Å². The normalized spacial score (nSPS) is 24.4. The van der Waals surface area contributed by atoms with Crippen LogP contribution in [0.15, 0.2) is 0 Å². The van der Waals surface area contributed by atoms with Gasteiger partial charge in [-0.3, -0.25) is 0 Å². The molecule has 2 aliphatic rings. The predicted octanol–water partition coefficient (Wildman–Crippen LogP) is 1.77. The summed E-state index contributed by atoms with van der Waals surface area (Å²) in [6, 6.07) is 0. The molecule has 1 heterocycles. The summed E-state index contributed by atoms with van der Waals surface area (Å²) in [5.74, 6) is -0.553. The van der Waals surface area contributed by atoms with Gasteiger partial charge in [0.25, 0.3) is 0 Å². The van der Waals surface area contributed by atoms with Crippen molar-refractivity contribution in [2.75, 3.05) is 13.2 Å². The molecule has 20 heavy (non-hydrogen) atoms. The highest BCUT2D eigenvalue weighted by Gasteiger charge is 2.47. The van der Waals surface area contributed by atoms with Gasteiger partial charge in [0, 0.05) is 12.8 Å². The summed E-state index contributed by atoms with van der Waals surface area (Å²) in [4.78, 5) is 23.3. The smallest absolute Gasteiger partial charge is 0.408 e. The molecule has 0 radical (unpaired) electrons. The zero-order valence-corrected chi connectivity index (χ0v) is 12.4. The molecule has 114 valence electrons. The Hall–Kier alpha value is -1.14. The molecule has 1 N–H and O–H groups in total. The number of hydrogen-bond acceptors (Lipinski definition) is 5. The van der Waals surface area contributed by atoms with Crippen molar-refractivity contribution in [3.8, 4) is 0 Å². The van der Waals surface area contributed by atoms with Crippen molar-refractivity contribution < 1.29 is 23.8 Å². The molecule has 0 aromatic rings. The van der Waals surface area contributed by atoms with Gasteiger partial charge in [0.1, 0.15) is 11.9 Å². The van der Waals surface area contributed by atoms with Gasteiger partial charge in [-0.15, -0.1) is 0 Å². The Bertz CT molecular complexity index is 372. The molecule has 2 fully saturated rings. The Morgan fingerprint density at radius 2 is 1.70 bits per heavy atom. The summed E-state index contributed by atoms with van der Waals surface area (Å²) in [6.07, 6.45) is 2.43. The lowest BCUT2D eigenvalue weighted by Crippen LogP contribution is -2.56. The van der Waals surface area contributed by atoms with E-state index in [9.17, 15) is 9.59 Å². The summed E-state index contributed by atoms with van der Waals surface area (Å²) >= 11 is 0. The molecule has 0 unspecified atom stereocenters. The molecule has 0 aromatic heterocycles. The Morgan fingerprint density at radius 3 is 2.15 bits per heavy atom. The van der Waals surface area contributed by atoms with Gasteiger partial charge in [0.05, 0.1) is 18.8 Å². The number of rotatable bonds is 2. The minimum Gasteiger partial charge on any atom is -0.444 e. The molecular formula is C14H23NO5. The molecular weight excluding hydrogens is 262 g/mol. The second-order valence-corrected chi connectivity index (χ2v) is 6.51. The minimum absolute atomic E-state index is 0.496. The van der Waals surface area contributed by atoms with E-state index >= 15 is 0 Å². The molecule has 1 aliphatic carbocycles. The molecule has 0 atom stereocenters. The molecule has 6 nitrogen and oxygen atoms in total. The van der Waals surface area contributed by atoms with Gasteiger partial charge in [0.15, 0.2) is 5.79 Å². The maximum Gasteiger partial charge on any atom is 0.408 e. The minimum atomic E-state index is -0.872. The summed E-state index contributed by atoms with van der Waals surface area (Å²) < 4.78 is 16.5. The quantitative estimate of drug-likeness (QED) is 0.783. The topological polar surface area (TPSA) is 73.9 Å². The Morgan fingerprint density at radius 1 is 1.15 bits per heavy atom. The van der Waals surface area contributed by atoms with Gasteiger partial charge in [-0.25, -0.2) is 4.79 Å². The van der Waals surface area contributed by atoms with Crippen LogP contribution in [0.2, 0.25) is 0 Å². The molecule has 2 rings (SSSR count). The molecule has 1 amide bonds. The number of alkyl carbamates (subject to hydrolysis) is 1. The summed E-state index contributed by atoms with van der Waals surface area (Å²) in [7, 11) is 0. The average molecular weight is 285 g/mol. The first kappa shape index (κ1) is 15.3. The van der Waals surface area contributed by atoms with Gasteiger partial charge in [-0.2, -0.15) is 0 Å². The van der Waals surface area contributed by atoms with Crippen molar-refractivity contribution in [2.24, 2.45) is 0 Å². The van der Waals surface area contributed by atoms with Gasteiger partial charge in [-0.1, -0.05) is 0 Å². The zero-order chi connectivity index (χ0) is 14.9. The Kier molecular flexibility index (Phi) is 4.07. The first-order chi connectivity index (χ1) is 9.28. The first-order valence-electron chi connectivity index (χ1n) is 7.04. The fraction of sp³-hybridized carbons (Fsp3) is 0.857. The number of carbonyl (C=O) groups is 2. The van der Waals surface area contributed by atoms with Crippen LogP contribution < -0.4 is 5.32 Å². The molecule has 1 saturated carbocycles. The third kappa shape index (κ3) is 3.49. The molecule has 0 aromatic carbocycles. The van der Waals surface area contributed by atoms with E-state index in [4.69, 9.17) is 14.2 Å². The highest BCUT2D eigenvalue weighted by molar-refractivity contribution is 5.76. The van der Waals surface area contributed by atoms with Crippen LogP contribution in [0.5, 0.6) is 0 Å². The van der Waals surface area contributed by atoms with Gasteiger partial charge < -0.3 is 24.3 Å². The van der Waals surface area contributed by atoms with E-state index in [2.05, 4.69) is 5.32 Å². The van der Waals surface area contributed by atoms with Gasteiger partial charge in [-0.05, 0) is 33.6 Å².